The van der Waals surface area contributed by atoms with Gasteiger partial charge < -0.3 is 19.7 Å². The van der Waals surface area contributed by atoms with E-state index in [1.807, 2.05) is 0 Å². The van der Waals surface area contributed by atoms with Crippen molar-refractivity contribution in [3.63, 3.8) is 0 Å². The highest BCUT2D eigenvalue weighted by Crippen LogP contribution is 2.68. The number of hydrogen-bond acceptors (Lipinski definition) is 4. The SMILES string of the molecule is C[C@@]12CCC[C@@]1(O)[C@@H]1CCC3CC(O)C(C4OCCO4)C[C@]3(C)[C@@H]1CC2. The lowest BCUT2D eigenvalue weighted by molar-refractivity contribution is -0.224. The molecule has 1 heterocycles. The molecule has 0 aromatic rings. The van der Waals surface area contributed by atoms with E-state index in [4.69, 9.17) is 9.47 Å². The Morgan fingerprint density at radius 3 is 2.46 bits per heavy atom. The van der Waals surface area contributed by atoms with E-state index >= 15 is 0 Å². The van der Waals surface area contributed by atoms with Gasteiger partial charge in [0, 0.05) is 5.92 Å². The van der Waals surface area contributed by atoms with Gasteiger partial charge in [0.1, 0.15) is 0 Å². The van der Waals surface area contributed by atoms with Crippen molar-refractivity contribution >= 4 is 0 Å². The van der Waals surface area contributed by atoms with Gasteiger partial charge in [-0.05, 0) is 86.4 Å². The summed E-state index contributed by atoms with van der Waals surface area (Å²) in [6.45, 7) is 6.11. The molecule has 5 fully saturated rings. The van der Waals surface area contributed by atoms with Crippen LogP contribution in [0.2, 0.25) is 0 Å². The summed E-state index contributed by atoms with van der Waals surface area (Å²) in [6.07, 6.45) is 9.40. The zero-order valence-corrected chi connectivity index (χ0v) is 16.5. The second-order valence-electron chi connectivity index (χ2n) is 10.7. The molecule has 0 spiro atoms. The van der Waals surface area contributed by atoms with Crippen molar-refractivity contribution in [3.8, 4) is 0 Å². The normalized spacial score (nSPS) is 57.5. The molecule has 5 rings (SSSR count). The highest BCUT2D eigenvalue weighted by Gasteiger charge is 2.65. The average Bonchev–Trinajstić information content (AvgIpc) is 3.23. The summed E-state index contributed by atoms with van der Waals surface area (Å²) >= 11 is 0. The number of hydrogen-bond donors (Lipinski definition) is 2. The molecule has 1 aliphatic heterocycles. The maximum absolute atomic E-state index is 11.8. The lowest BCUT2D eigenvalue weighted by atomic mass is 9.43. The first-order valence-electron chi connectivity index (χ1n) is 11.0. The van der Waals surface area contributed by atoms with E-state index in [1.165, 1.54) is 19.3 Å². The summed E-state index contributed by atoms with van der Waals surface area (Å²) < 4.78 is 11.6. The fourth-order valence-electron chi connectivity index (χ4n) is 8.21. The maximum Gasteiger partial charge on any atom is 0.163 e. The lowest BCUT2D eigenvalue weighted by Gasteiger charge is -2.64. The largest absolute Gasteiger partial charge is 0.393 e. The molecule has 148 valence electrons. The molecular weight excluding hydrogens is 328 g/mol. The second-order valence-corrected chi connectivity index (χ2v) is 10.7. The fourth-order valence-corrected chi connectivity index (χ4v) is 8.21. The average molecular weight is 365 g/mol. The molecule has 0 radical (unpaired) electrons. The van der Waals surface area contributed by atoms with Crippen LogP contribution in [0, 0.1) is 34.5 Å². The van der Waals surface area contributed by atoms with Gasteiger partial charge in [-0.1, -0.05) is 13.8 Å². The predicted octanol–water partition coefficient (Wildman–Crippen LogP) is 3.49. The van der Waals surface area contributed by atoms with Crippen molar-refractivity contribution in [2.75, 3.05) is 13.2 Å². The van der Waals surface area contributed by atoms with Crippen LogP contribution in [0.3, 0.4) is 0 Å². The van der Waals surface area contributed by atoms with Crippen molar-refractivity contribution in [1.82, 2.24) is 0 Å². The van der Waals surface area contributed by atoms with Crippen molar-refractivity contribution in [1.29, 1.82) is 0 Å². The monoisotopic (exact) mass is 364 g/mol. The van der Waals surface area contributed by atoms with E-state index < -0.39 is 5.60 Å². The fraction of sp³-hybridized carbons (Fsp3) is 1.00. The third-order valence-corrected chi connectivity index (χ3v) is 9.74. The van der Waals surface area contributed by atoms with Gasteiger partial charge in [0.2, 0.25) is 0 Å². The zero-order valence-electron chi connectivity index (χ0n) is 16.5. The van der Waals surface area contributed by atoms with Crippen LogP contribution in [0.4, 0.5) is 0 Å². The van der Waals surface area contributed by atoms with Crippen molar-refractivity contribution in [2.45, 2.75) is 89.6 Å². The van der Waals surface area contributed by atoms with E-state index in [2.05, 4.69) is 13.8 Å². The Kier molecular flexibility index (Phi) is 4.08. The van der Waals surface area contributed by atoms with E-state index in [1.54, 1.807) is 0 Å². The predicted molar refractivity (Wildman–Crippen MR) is 98.4 cm³/mol. The molecule has 0 aromatic carbocycles. The highest BCUT2D eigenvalue weighted by molar-refractivity contribution is 5.15. The van der Waals surface area contributed by atoms with Crippen LogP contribution in [-0.4, -0.2) is 41.4 Å². The van der Waals surface area contributed by atoms with Gasteiger partial charge in [0.25, 0.3) is 0 Å². The smallest absolute Gasteiger partial charge is 0.163 e. The number of fused-ring (bicyclic) bond motifs is 5. The van der Waals surface area contributed by atoms with E-state index in [9.17, 15) is 10.2 Å². The molecule has 4 saturated carbocycles. The number of aliphatic hydroxyl groups excluding tert-OH is 1. The Morgan fingerprint density at radius 2 is 1.69 bits per heavy atom. The quantitative estimate of drug-likeness (QED) is 0.748. The van der Waals surface area contributed by atoms with E-state index in [-0.39, 0.29) is 29.1 Å². The summed E-state index contributed by atoms with van der Waals surface area (Å²) in [5.41, 5.74) is -0.139. The molecule has 4 nitrogen and oxygen atoms in total. The van der Waals surface area contributed by atoms with Gasteiger partial charge in [-0.3, -0.25) is 0 Å². The van der Waals surface area contributed by atoms with Gasteiger partial charge in [-0.25, -0.2) is 0 Å². The zero-order chi connectivity index (χ0) is 18.2. The topological polar surface area (TPSA) is 58.9 Å². The van der Waals surface area contributed by atoms with Crippen molar-refractivity contribution < 1.29 is 19.7 Å². The van der Waals surface area contributed by atoms with Gasteiger partial charge in [0.15, 0.2) is 6.29 Å². The molecule has 0 aromatic heterocycles. The van der Waals surface area contributed by atoms with Crippen LogP contribution < -0.4 is 0 Å². The van der Waals surface area contributed by atoms with Gasteiger partial charge in [0.05, 0.1) is 24.9 Å². The van der Waals surface area contributed by atoms with Crippen LogP contribution in [0.5, 0.6) is 0 Å². The number of ether oxygens (including phenoxy) is 2. The molecule has 1 saturated heterocycles. The summed E-state index contributed by atoms with van der Waals surface area (Å²) in [4.78, 5) is 0. The Hall–Kier alpha value is -0.160. The Balaban J connectivity index is 1.45. The van der Waals surface area contributed by atoms with Crippen molar-refractivity contribution in [2.24, 2.45) is 34.5 Å². The van der Waals surface area contributed by atoms with Crippen LogP contribution >= 0.6 is 0 Å². The molecule has 0 bridgehead atoms. The van der Waals surface area contributed by atoms with Crippen LogP contribution in [0.25, 0.3) is 0 Å². The first-order valence-corrected chi connectivity index (χ1v) is 11.0. The Bertz CT molecular complexity index is 560. The Labute approximate surface area is 157 Å². The van der Waals surface area contributed by atoms with Gasteiger partial charge in [-0.2, -0.15) is 0 Å². The summed E-state index contributed by atoms with van der Waals surface area (Å²) in [5, 5.41) is 22.6. The third kappa shape index (κ3) is 2.28. The minimum atomic E-state index is -0.462. The molecule has 2 N–H and O–H groups in total. The molecule has 8 atom stereocenters. The number of aliphatic hydroxyl groups is 2. The van der Waals surface area contributed by atoms with Crippen LogP contribution in [0.15, 0.2) is 0 Å². The van der Waals surface area contributed by atoms with Crippen LogP contribution in [-0.2, 0) is 9.47 Å². The molecule has 0 amide bonds. The highest BCUT2D eigenvalue weighted by atomic mass is 16.7. The minimum Gasteiger partial charge on any atom is -0.393 e. The Morgan fingerprint density at radius 1 is 0.923 bits per heavy atom. The molecule has 5 aliphatic rings. The molecule has 4 aliphatic carbocycles. The van der Waals surface area contributed by atoms with E-state index in [0.717, 1.165) is 38.5 Å². The van der Waals surface area contributed by atoms with Crippen molar-refractivity contribution in [3.05, 3.63) is 0 Å². The first-order chi connectivity index (χ1) is 12.4. The van der Waals surface area contributed by atoms with Gasteiger partial charge >= 0.3 is 0 Å². The summed E-state index contributed by atoms with van der Waals surface area (Å²) in [5.74, 6) is 1.68. The molecule has 26 heavy (non-hydrogen) atoms. The molecule has 3 unspecified atom stereocenters. The standard InChI is InChI=1S/C22H36O4/c1-20-7-3-8-22(20,24)17-5-4-14-12-18(23)15(19-25-10-11-26-19)13-21(14,2)16(17)6-9-20/h14-19,23-24H,3-13H2,1-2H3/t14?,15?,16-,17-,18?,20+,21+,22-/m1/s1. The van der Waals surface area contributed by atoms with Crippen LogP contribution in [0.1, 0.15) is 71.6 Å². The summed E-state index contributed by atoms with van der Waals surface area (Å²) in [6, 6.07) is 0. The van der Waals surface area contributed by atoms with Gasteiger partial charge in [-0.15, -0.1) is 0 Å². The summed E-state index contributed by atoms with van der Waals surface area (Å²) in [7, 11) is 0. The lowest BCUT2D eigenvalue weighted by Crippen LogP contribution is -2.62. The number of rotatable bonds is 1. The maximum atomic E-state index is 11.8. The first kappa shape index (κ1) is 17.9. The minimum absolute atomic E-state index is 0.0871. The molecular formula is C22H36O4. The second kappa shape index (κ2) is 5.92. The third-order valence-electron chi connectivity index (χ3n) is 9.74. The molecule has 4 heteroatoms. The van der Waals surface area contributed by atoms with E-state index in [0.29, 0.717) is 31.0 Å².